The van der Waals surface area contributed by atoms with Crippen molar-refractivity contribution in [2.75, 3.05) is 4.90 Å². The zero-order valence-electron chi connectivity index (χ0n) is 13.1. The second-order valence-electron chi connectivity index (χ2n) is 7.42. The summed E-state index contributed by atoms with van der Waals surface area (Å²) in [5, 5.41) is 11.4. The molecule has 0 radical (unpaired) electrons. The monoisotopic (exact) mass is 324 g/mol. The Morgan fingerprint density at radius 3 is 2.21 bits per heavy atom. The van der Waals surface area contributed by atoms with E-state index in [9.17, 15) is 19.7 Å². The van der Waals surface area contributed by atoms with Crippen molar-refractivity contribution in [3.8, 4) is 0 Å². The van der Waals surface area contributed by atoms with E-state index in [1.54, 1.807) is 13.0 Å². The Balaban J connectivity index is 1.61. The summed E-state index contributed by atoms with van der Waals surface area (Å²) in [6, 6.07) is 4.65. The van der Waals surface area contributed by atoms with E-state index in [2.05, 4.69) is 12.2 Å². The Labute approximate surface area is 138 Å². The van der Waals surface area contributed by atoms with Crippen molar-refractivity contribution in [1.29, 1.82) is 0 Å². The molecule has 0 aromatic heterocycles. The van der Waals surface area contributed by atoms with Crippen molar-refractivity contribution in [2.24, 2.45) is 35.5 Å². The largest absolute Gasteiger partial charge is 0.293 e. The molecule has 0 spiro atoms. The van der Waals surface area contributed by atoms with Gasteiger partial charge >= 0.3 is 0 Å². The zero-order chi connectivity index (χ0) is 16.7. The van der Waals surface area contributed by atoms with E-state index in [4.69, 9.17) is 0 Å². The molecule has 6 nitrogen and oxygen atoms in total. The van der Waals surface area contributed by atoms with Crippen molar-refractivity contribution >= 4 is 23.2 Å². The van der Waals surface area contributed by atoms with Gasteiger partial charge in [0, 0.05) is 6.07 Å². The van der Waals surface area contributed by atoms with Gasteiger partial charge in [-0.2, -0.15) is 0 Å². The van der Waals surface area contributed by atoms with Crippen LogP contribution < -0.4 is 4.90 Å². The fourth-order valence-electron chi connectivity index (χ4n) is 5.16. The number of nitro benzene ring substituents is 1. The van der Waals surface area contributed by atoms with Gasteiger partial charge < -0.3 is 0 Å². The lowest BCUT2D eigenvalue weighted by atomic mass is 9.63. The van der Waals surface area contributed by atoms with Crippen LogP contribution in [-0.4, -0.2) is 16.7 Å². The maximum atomic E-state index is 13.0. The van der Waals surface area contributed by atoms with E-state index in [-0.39, 0.29) is 46.9 Å². The normalized spacial score (nSPS) is 38.3. The smallest absolute Gasteiger partial charge is 0.274 e. The summed E-state index contributed by atoms with van der Waals surface area (Å²) in [5.41, 5.74) is 0.661. The molecule has 2 saturated carbocycles. The standard InChI is InChI=1S/C18H16N2O4/c1-8-2-5-13(14(6-8)20(23)24)19-17(21)15-9-3-4-10(12-7-11(9)12)16(15)18(19)22/h2-6,9-12,15-16H,7H2,1H3/t9-,10+,11-,12-,15+,16-/m1/s1. The molecule has 2 amide bonds. The third kappa shape index (κ3) is 1.56. The van der Waals surface area contributed by atoms with Crippen LogP contribution in [0.5, 0.6) is 0 Å². The van der Waals surface area contributed by atoms with Gasteiger partial charge in [-0.3, -0.25) is 19.7 Å². The van der Waals surface area contributed by atoms with E-state index < -0.39 is 4.92 Å². The molecule has 6 atom stereocenters. The summed E-state index contributed by atoms with van der Waals surface area (Å²) in [6.45, 7) is 1.75. The third-order valence-electron chi connectivity index (χ3n) is 6.23. The van der Waals surface area contributed by atoms with Crippen LogP contribution in [0.2, 0.25) is 0 Å². The summed E-state index contributed by atoms with van der Waals surface area (Å²) >= 11 is 0. The lowest BCUT2D eigenvalue weighted by Gasteiger charge is -2.37. The van der Waals surface area contributed by atoms with E-state index in [1.807, 2.05) is 0 Å². The fraction of sp³-hybridized carbons (Fsp3) is 0.444. The van der Waals surface area contributed by atoms with Gasteiger partial charge in [0.05, 0.1) is 16.8 Å². The van der Waals surface area contributed by atoms with Crippen molar-refractivity contribution in [3.05, 3.63) is 46.0 Å². The SMILES string of the molecule is Cc1ccc(N2C(=O)[C@@H]3[C@H]4C=C[C@H]([C@H]5C[C@H]45)[C@@H]3C2=O)c([N+](=O)[O-])c1. The van der Waals surface area contributed by atoms with Crippen LogP contribution in [0.1, 0.15) is 12.0 Å². The number of amides is 2. The van der Waals surface area contributed by atoms with Gasteiger partial charge in [-0.1, -0.05) is 18.2 Å². The van der Waals surface area contributed by atoms with Crippen molar-refractivity contribution in [3.63, 3.8) is 0 Å². The maximum Gasteiger partial charge on any atom is 0.293 e. The van der Waals surface area contributed by atoms with Gasteiger partial charge in [0.15, 0.2) is 0 Å². The van der Waals surface area contributed by atoms with E-state index in [1.165, 1.54) is 12.1 Å². The summed E-state index contributed by atoms with van der Waals surface area (Å²) in [4.78, 5) is 38.0. The van der Waals surface area contributed by atoms with Gasteiger partial charge in [-0.25, -0.2) is 4.90 Å². The van der Waals surface area contributed by atoms with Gasteiger partial charge in [0.1, 0.15) is 5.69 Å². The first-order valence-corrected chi connectivity index (χ1v) is 8.30. The molecule has 6 rings (SSSR count). The highest BCUT2D eigenvalue weighted by atomic mass is 16.6. The number of rotatable bonds is 2. The molecule has 2 bridgehead atoms. The van der Waals surface area contributed by atoms with Crippen LogP contribution in [0.4, 0.5) is 11.4 Å². The lowest BCUT2D eigenvalue weighted by molar-refractivity contribution is -0.384. The number of hydrogen-bond acceptors (Lipinski definition) is 4. The molecular formula is C18H16N2O4. The van der Waals surface area contributed by atoms with Crippen LogP contribution in [0.15, 0.2) is 30.4 Å². The number of anilines is 1. The number of nitrogens with zero attached hydrogens (tertiary/aromatic N) is 2. The van der Waals surface area contributed by atoms with Gasteiger partial charge in [0.25, 0.3) is 5.69 Å². The molecule has 5 aliphatic rings. The number of hydrogen-bond donors (Lipinski definition) is 0. The Kier molecular flexibility index (Phi) is 2.50. The lowest BCUT2D eigenvalue weighted by Crippen LogP contribution is -2.40. The summed E-state index contributed by atoms with van der Waals surface area (Å²) < 4.78 is 0. The van der Waals surface area contributed by atoms with Gasteiger partial charge in [-0.05, 0) is 48.6 Å². The minimum absolute atomic E-state index is 0.114. The number of carbonyl (C=O) groups is 2. The first-order chi connectivity index (χ1) is 11.5. The van der Waals surface area contributed by atoms with Crippen LogP contribution >= 0.6 is 0 Å². The number of benzene rings is 1. The first-order valence-electron chi connectivity index (χ1n) is 8.30. The molecular weight excluding hydrogens is 308 g/mol. The molecule has 6 heteroatoms. The molecule has 1 heterocycles. The molecule has 122 valence electrons. The molecule has 1 aromatic carbocycles. The molecule has 0 N–H and O–H groups in total. The molecule has 1 aromatic rings. The molecule has 3 fully saturated rings. The van der Waals surface area contributed by atoms with E-state index in [0.29, 0.717) is 11.8 Å². The first kappa shape index (κ1) is 13.9. The minimum atomic E-state index is -0.519. The topological polar surface area (TPSA) is 80.5 Å². The van der Waals surface area contributed by atoms with Crippen LogP contribution in [0.25, 0.3) is 0 Å². The molecule has 1 saturated heterocycles. The number of imide groups is 1. The minimum Gasteiger partial charge on any atom is -0.274 e. The second kappa shape index (κ2) is 4.32. The predicted octanol–water partition coefficient (Wildman–Crippen LogP) is 2.46. The number of aryl methyl sites for hydroxylation is 1. The third-order valence-corrected chi connectivity index (χ3v) is 6.23. The average molecular weight is 324 g/mol. The Bertz CT molecular complexity index is 809. The Morgan fingerprint density at radius 1 is 1.08 bits per heavy atom. The quantitative estimate of drug-likeness (QED) is 0.362. The number of carbonyl (C=O) groups excluding carboxylic acids is 2. The van der Waals surface area contributed by atoms with Crippen molar-refractivity contribution in [1.82, 2.24) is 0 Å². The van der Waals surface area contributed by atoms with Gasteiger partial charge in [-0.15, -0.1) is 0 Å². The highest BCUT2D eigenvalue weighted by Crippen LogP contribution is 2.65. The fourth-order valence-corrected chi connectivity index (χ4v) is 5.16. The van der Waals surface area contributed by atoms with Crippen molar-refractivity contribution < 1.29 is 14.5 Å². The Hall–Kier alpha value is -2.50. The molecule has 1 aliphatic heterocycles. The van der Waals surface area contributed by atoms with Crippen molar-refractivity contribution in [2.45, 2.75) is 13.3 Å². The molecule has 0 unspecified atom stereocenters. The van der Waals surface area contributed by atoms with Crippen LogP contribution in [-0.2, 0) is 9.59 Å². The van der Waals surface area contributed by atoms with Gasteiger partial charge in [0.2, 0.25) is 11.8 Å². The second-order valence-corrected chi connectivity index (χ2v) is 7.42. The number of allylic oxidation sites excluding steroid dienone is 2. The average Bonchev–Trinajstić information content (AvgIpc) is 3.33. The highest BCUT2D eigenvalue weighted by Gasteiger charge is 2.67. The van der Waals surface area contributed by atoms with E-state index >= 15 is 0 Å². The van der Waals surface area contributed by atoms with Crippen LogP contribution in [0.3, 0.4) is 0 Å². The van der Waals surface area contributed by atoms with E-state index in [0.717, 1.165) is 16.9 Å². The highest BCUT2D eigenvalue weighted by molar-refractivity contribution is 6.23. The molecule has 4 aliphatic carbocycles. The summed E-state index contributed by atoms with van der Waals surface area (Å²) in [6.07, 6.45) is 5.29. The number of nitro groups is 1. The maximum absolute atomic E-state index is 13.0. The summed E-state index contributed by atoms with van der Waals surface area (Å²) in [7, 11) is 0. The Morgan fingerprint density at radius 2 is 1.67 bits per heavy atom. The van der Waals surface area contributed by atoms with Crippen LogP contribution in [0, 0.1) is 52.5 Å². The zero-order valence-corrected chi connectivity index (χ0v) is 13.1. The summed E-state index contributed by atoms with van der Waals surface area (Å²) in [5.74, 6) is 0.0847. The predicted molar refractivity (Wildman–Crippen MR) is 85.0 cm³/mol. The molecule has 24 heavy (non-hydrogen) atoms.